The third kappa shape index (κ3) is 2.72. The molecule has 0 unspecified atom stereocenters. The fourth-order valence-electron chi connectivity index (χ4n) is 3.38. The second-order valence-electron chi connectivity index (χ2n) is 5.57. The Balaban J connectivity index is 1.48. The fourth-order valence-corrected chi connectivity index (χ4v) is 3.38. The van der Waals surface area contributed by atoms with E-state index in [1.165, 1.54) is 31.4 Å². The van der Waals surface area contributed by atoms with Gasteiger partial charge in [0.25, 0.3) is 5.91 Å². The predicted octanol–water partition coefficient (Wildman–Crippen LogP) is 2.51. The summed E-state index contributed by atoms with van der Waals surface area (Å²) in [5, 5.41) is 3.01. The normalized spacial score (nSPS) is 28.4. The molecule has 102 valence electrons. The Bertz CT molecular complexity index is 477. The van der Waals surface area contributed by atoms with Crippen molar-refractivity contribution in [2.45, 2.75) is 31.7 Å². The zero-order chi connectivity index (χ0) is 13.2. The predicted molar refractivity (Wildman–Crippen MR) is 69.3 cm³/mol. The van der Waals surface area contributed by atoms with Gasteiger partial charge in [0.2, 0.25) is 0 Å². The van der Waals surface area contributed by atoms with E-state index in [9.17, 15) is 9.18 Å². The summed E-state index contributed by atoms with van der Waals surface area (Å²) in [5.41, 5.74) is 0. The lowest BCUT2D eigenvalue weighted by Gasteiger charge is -2.22. The molecule has 3 nitrogen and oxygen atoms in total. The van der Waals surface area contributed by atoms with Gasteiger partial charge in [-0.2, -0.15) is 0 Å². The van der Waals surface area contributed by atoms with Crippen LogP contribution in [0.2, 0.25) is 0 Å². The van der Waals surface area contributed by atoms with E-state index in [1.807, 2.05) is 0 Å². The van der Waals surface area contributed by atoms with Crippen molar-refractivity contribution < 1.29 is 13.9 Å². The topological polar surface area (TPSA) is 38.3 Å². The first-order valence-corrected chi connectivity index (χ1v) is 6.89. The molecule has 2 aliphatic carbocycles. The molecule has 0 aromatic heterocycles. The molecule has 2 saturated carbocycles. The van der Waals surface area contributed by atoms with Crippen LogP contribution in [0.1, 0.15) is 25.7 Å². The molecular formula is C15H18FNO2. The minimum Gasteiger partial charge on any atom is -0.481 e. The van der Waals surface area contributed by atoms with E-state index in [0.29, 0.717) is 12.0 Å². The molecule has 2 fully saturated rings. The van der Waals surface area contributed by atoms with Crippen LogP contribution >= 0.6 is 0 Å². The highest BCUT2D eigenvalue weighted by atomic mass is 19.1. The van der Waals surface area contributed by atoms with Gasteiger partial charge in [0.05, 0.1) is 0 Å². The molecule has 3 rings (SSSR count). The first kappa shape index (κ1) is 12.5. The van der Waals surface area contributed by atoms with E-state index in [4.69, 9.17) is 4.74 Å². The highest BCUT2D eigenvalue weighted by molar-refractivity contribution is 5.78. The van der Waals surface area contributed by atoms with Crippen molar-refractivity contribution >= 4 is 5.91 Å². The Kier molecular flexibility index (Phi) is 3.40. The number of nitrogens with one attached hydrogen (secondary N) is 1. The highest BCUT2D eigenvalue weighted by Gasteiger charge is 2.40. The molecule has 0 radical (unpaired) electrons. The third-order valence-corrected chi connectivity index (χ3v) is 4.28. The van der Waals surface area contributed by atoms with E-state index in [2.05, 4.69) is 5.32 Å². The molecule has 1 amide bonds. The average Bonchev–Trinajstić information content (AvgIpc) is 3.00. The molecule has 2 aliphatic rings. The van der Waals surface area contributed by atoms with Crippen molar-refractivity contribution in [2.75, 3.05) is 6.61 Å². The molecule has 0 spiro atoms. The Morgan fingerprint density at radius 3 is 2.84 bits per heavy atom. The van der Waals surface area contributed by atoms with E-state index < -0.39 is 5.82 Å². The number of halogens is 1. The molecular weight excluding hydrogens is 245 g/mol. The number of carbonyl (C=O) groups excluding carboxylic acids is 1. The molecule has 1 aromatic carbocycles. The summed E-state index contributed by atoms with van der Waals surface area (Å²) in [6.07, 6.45) is 4.88. The monoisotopic (exact) mass is 263 g/mol. The molecule has 3 atom stereocenters. The van der Waals surface area contributed by atoms with Crippen LogP contribution in [0.25, 0.3) is 0 Å². The summed E-state index contributed by atoms with van der Waals surface area (Å²) in [6, 6.07) is 6.43. The fraction of sp³-hybridized carbons (Fsp3) is 0.533. The van der Waals surface area contributed by atoms with Gasteiger partial charge in [0.1, 0.15) is 0 Å². The van der Waals surface area contributed by atoms with Crippen LogP contribution in [-0.2, 0) is 4.79 Å². The molecule has 2 bridgehead atoms. The lowest BCUT2D eigenvalue weighted by atomic mass is 9.95. The number of hydrogen-bond donors (Lipinski definition) is 1. The Labute approximate surface area is 112 Å². The van der Waals surface area contributed by atoms with Crippen molar-refractivity contribution in [2.24, 2.45) is 11.8 Å². The lowest BCUT2D eigenvalue weighted by Crippen LogP contribution is -2.40. The van der Waals surface area contributed by atoms with Crippen LogP contribution in [-0.4, -0.2) is 18.6 Å². The van der Waals surface area contributed by atoms with Crippen molar-refractivity contribution in [3.63, 3.8) is 0 Å². The van der Waals surface area contributed by atoms with Crippen LogP contribution in [0, 0.1) is 17.7 Å². The van der Waals surface area contributed by atoms with E-state index in [1.54, 1.807) is 12.1 Å². The maximum atomic E-state index is 13.3. The number of hydrogen-bond acceptors (Lipinski definition) is 2. The van der Waals surface area contributed by atoms with Gasteiger partial charge in [-0.25, -0.2) is 4.39 Å². The summed E-state index contributed by atoms with van der Waals surface area (Å²) in [7, 11) is 0. The number of amides is 1. The molecule has 0 aliphatic heterocycles. The lowest BCUT2D eigenvalue weighted by molar-refractivity contribution is -0.124. The standard InChI is InChI=1S/C15H18FNO2/c16-12-3-1-2-4-14(12)19-9-15(18)17-13-8-10-5-6-11(13)7-10/h1-4,10-11,13H,5-9H2,(H,17,18)/t10-,11-,13+/m1/s1. The third-order valence-electron chi connectivity index (χ3n) is 4.28. The number of ether oxygens (including phenoxy) is 1. The van der Waals surface area contributed by atoms with Gasteiger partial charge < -0.3 is 10.1 Å². The van der Waals surface area contributed by atoms with Crippen LogP contribution in [0.4, 0.5) is 4.39 Å². The van der Waals surface area contributed by atoms with Gasteiger partial charge in [-0.3, -0.25) is 4.79 Å². The van der Waals surface area contributed by atoms with E-state index >= 15 is 0 Å². The van der Waals surface area contributed by atoms with Crippen molar-refractivity contribution in [3.05, 3.63) is 30.1 Å². The van der Waals surface area contributed by atoms with E-state index in [0.717, 1.165) is 12.3 Å². The van der Waals surface area contributed by atoms with Gasteiger partial charge in [0.15, 0.2) is 18.2 Å². The van der Waals surface area contributed by atoms with Crippen LogP contribution in [0.15, 0.2) is 24.3 Å². The van der Waals surface area contributed by atoms with Gasteiger partial charge in [0, 0.05) is 6.04 Å². The maximum Gasteiger partial charge on any atom is 0.258 e. The van der Waals surface area contributed by atoms with E-state index in [-0.39, 0.29) is 18.3 Å². The zero-order valence-electron chi connectivity index (χ0n) is 10.8. The number of carbonyl (C=O) groups is 1. The second-order valence-corrected chi connectivity index (χ2v) is 5.57. The number of rotatable bonds is 4. The minimum atomic E-state index is -0.435. The first-order chi connectivity index (χ1) is 9.22. The Morgan fingerprint density at radius 2 is 2.16 bits per heavy atom. The minimum absolute atomic E-state index is 0.116. The maximum absolute atomic E-state index is 13.3. The molecule has 1 N–H and O–H groups in total. The Morgan fingerprint density at radius 1 is 1.32 bits per heavy atom. The largest absolute Gasteiger partial charge is 0.481 e. The number of fused-ring (bicyclic) bond motifs is 2. The average molecular weight is 263 g/mol. The molecule has 1 aromatic rings. The molecule has 4 heteroatoms. The zero-order valence-corrected chi connectivity index (χ0v) is 10.8. The summed E-state index contributed by atoms with van der Waals surface area (Å²) < 4.78 is 18.5. The summed E-state index contributed by atoms with van der Waals surface area (Å²) in [6.45, 7) is -0.116. The SMILES string of the molecule is O=C(COc1ccccc1F)N[C@H]1C[C@@H]2CC[C@@H]1C2. The number of para-hydroxylation sites is 1. The first-order valence-electron chi connectivity index (χ1n) is 6.89. The van der Waals surface area contributed by atoms with Gasteiger partial charge in [-0.15, -0.1) is 0 Å². The highest BCUT2D eigenvalue weighted by Crippen LogP contribution is 2.44. The number of benzene rings is 1. The van der Waals surface area contributed by atoms with Crippen LogP contribution < -0.4 is 10.1 Å². The summed E-state index contributed by atoms with van der Waals surface area (Å²) >= 11 is 0. The smallest absolute Gasteiger partial charge is 0.258 e. The summed E-state index contributed by atoms with van der Waals surface area (Å²) in [4.78, 5) is 11.8. The van der Waals surface area contributed by atoms with Gasteiger partial charge in [-0.1, -0.05) is 18.6 Å². The Hall–Kier alpha value is -1.58. The molecule has 0 saturated heterocycles. The quantitative estimate of drug-likeness (QED) is 0.906. The van der Waals surface area contributed by atoms with Gasteiger partial charge >= 0.3 is 0 Å². The van der Waals surface area contributed by atoms with Crippen LogP contribution in [0.5, 0.6) is 5.75 Å². The second kappa shape index (κ2) is 5.19. The summed E-state index contributed by atoms with van der Waals surface area (Å²) in [5.74, 6) is 0.979. The van der Waals surface area contributed by atoms with Gasteiger partial charge in [-0.05, 0) is 43.2 Å². The van der Waals surface area contributed by atoms with Crippen molar-refractivity contribution in [1.29, 1.82) is 0 Å². The van der Waals surface area contributed by atoms with Crippen molar-refractivity contribution in [1.82, 2.24) is 5.32 Å². The van der Waals surface area contributed by atoms with Crippen molar-refractivity contribution in [3.8, 4) is 5.75 Å². The molecule has 19 heavy (non-hydrogen) atoms. The van der Waals surface area contributed by atoms with Crippen LogP contribution in [0.3, 0.4) is 0 Å². The molecule has 0 heterocycles.